The van der Waals surface area contributed by atoms with Crippen LogP contribution in [0.3, 0.4) is 0 Å². The number of rotatable bonds is 6. The van der Waals surface area contributed by atoms with Gasteiger partial charge in [-0.25, -0.2) is 4.98 Å². The number of hydrogen-bond acceptors (Lipinski definition) is 4. The van der Waals surface area contributed by atoms with E-state index in [-0.39, 0.29) is 10.8 Å². The number of nitrogens with zero attached hydrogens (tertiary/aromatic N) is 2. The van der Waals surface area contributed by atoms with E-state index in [9.17, 15) is 0 Å². The zero-order valence-electron chi connectivity index (χ0n) is 16.4. The second-order valence-electron chi connectivity index (χ2n) is 8.92. The molecule has 0 saturated heterocycles. The highest BCUT2D eigenvalue weighted by Crippen LogP contribution is 2.35. The van der Waals surface area contributed by atoms with Crippen LogP contribution in [-0.4, -0.2) is 10.1 Å². The predicted octanol–water partition coefficient (Wildman–Crippen LogP) is 6.41. The molecular formula is C20H32N2OS. The first kappa shape index (κ1) is 19.2. The third kappa shape index (κ3) is 4.47. The zero-order valence-corrected chi connectivity index (χ0v) is 17.3. The Kier molecular flexibility index (Phi) is 5.58. The van der Waals surface area contributed by atoms with Gasteiger partial charge in [-0.15, -0.1) is 11.3 Å². The lowest BCUT2D eigenvalue weighted by molar-refractivity contribution is 0.313. The van der Waals surface area contributed by atoms with Crippen molar-refractivity contribution in [3.8, 4) is 0 Å². The van der Waals surface area contributed by atoms with Crippen LogP contribution in [0.5, 0.6) is 0 Å². The van der Waals surface area contributed by atoms with Crippen molar-refractivity contribution >= 4 is 11.3 Å². The molecule has 1 unspecified atom stereocenters. The van der Waals surface area contributed by atoms with Crippen molar-refractivity contribution in [2.75, 3.05) is 0 Å². The summed E-state index contributed by atoms with van der Waals surface area (Å²) in [7, 11) is 0. The molecule has 4 heteroatoms. The van der Waals surface area contributed by atoms with Crippen molar-refractivity contribution in [3.63, 3.8) is 0 Å². The van der Waals surface area contributed by atoms with E-state index < -0.39 is 0 Å². The fourth-order valence-electron chi connectivity index (χ4n) is 2.57. The molecule has 0 spiro atoms. The lowest BCUT2D eigenvalue weighted by Gasteiger charge is -2.23. The van der Waals surface area contributed by atoms with Crippen LogP contribution in [-0.2, 0) is 10.8 Å². The molecule has 2 aromatic heterocycles. The smallest absolute Gasteiger partial charge is 0.142 e. The summed E-state index contributed by atoms with van der Waals surface area (Å²) < 4.78 is 5.58. The summed E-state index contributed by atoms with van der Waals surface area (Å²) in [6, 6.07) is 2.13. The van der Waals surface area contributed by atoms with Crippen molar-refractivity contribution < 1.29 is 4.52 Å². The maximum absolute atomic E-state index is 5.58. The number of thiazole rings is 1. The van der Waals surface area contributed by atoms with Gasteiger partial charge in [0.15, 0.2) is 0 Å². The normalized spacial score (nSPS) is 14.4. The Balaban J connectivity index is 2.02. The average molecular weight is 349 g/mol. The molecule has 0 amide bonds. The SMILES string of the molecule is CC(C)c1csc(C(C)CCC(C)(C)c2cc(C(C)(C)C)on2)n1. The van der Waals surface area contributed by atoms with E-state index in [4.69, 9.17) is 9.51 Å². The maximum atomic E-state index is 5.58. The maximum Gasteiger partial charge on any atom is 0.142 e. The van der Waals surface area contributed by atoms with E-state index in [1.165, 1.54) is 10.7 Å². The molecule has 1 atom stereocenters. The summed E-state index contributed by atoms with van der Waals surface area (Å²) in [5.74, 6) is 1.94. The van der Waals surface area contributed by atoms with Crippen LogP contribution in [0.4, 0.5) is 0 Å². The third-order valence-electron chi connectivity index (χ3n) is 4.70. The molecule has 2 aromatic rings. The molecule has 0 bridgehead atoms. The van der Waals surface area contributed by atoms with Crippen LogP contribution in [0.2, 0.25) is 0 Å². The Labute approximate surface area is 150 Å². The first-order valence-electron chi connectivity index (χ1n) is 8.93. The highest BCUT2D eigenvalue weighted by molar-refractivity contribution is 7.09. The quantitative estimate of drug-likeness (QED) is 0.605. The largest absolute Gasteiger partial charge is 0.361 e. The molecule has 0 aliphatic heterocycles. The van der Waals surface area contributed by atoms with Gasteiger partial charge in [0.2, 0.25) is 0 Å². The van der Waals surface area contributed by atoms with Crippen molar-refractivity contribution in [1.29, 1.82) is 0 Å². The summed E-state index contributed by atoms with van der Waals surface area (Å²) in [5.41, 5.74) is 2.29. The Morgan fingerprint density at radius 2 is 1.79 bits per heavy atom. The highest BCUT2D eigenvalue weighted by atomic mass is 32.1. The molecule has 0 aliphatic carbocycles. The van der Waals surface area contributed by atoms with Gasteiger partial charge in [-0.3, -0.25) is 0 Å². The topological polar surface area (TPSA) is 38.9 Å². The van der Waals surface area contributed by atoms with Gasteiger partial charge in [-0.1, -0.05) is 60.5 Å². The van der Waals surface area contributed by atoms with E-state index in [0.29, 0.717) is 11.8 Å². The Hall–Kier alpha value is -1.16. The Morgan fingerprint density at radius 1 is 1.12 bits per heavy atom. The summed E-state index contributed by atoms with van der Waals surface area (Å²) in [6.45, 7) is 17.6. The molecule has 0 N–H and O–H groups in total. The van der Waals surface area contributed by atoms with E-state index in [1.54, 1.807) is 11.3 Å². The third-order valence-corrected chi connectivity index (χ3v) is 5.79. The standard InChI is InChI=1S/C20H32N2OS/c1-13(2)15-12-24-18(21-15)14(3)9-10-20(7,8)16-11-17(23-22-16)19(4,5)6/h11-14H,9-10H2,1-8H3. The van der Waals surface area contributed by atoms with Gasteiger partial charge in [0.25, 0.3) is 0 Å². The molecule has 0 radical (unpaired) electrons. The second-order valence-corrected chi connectivity index (χ2v) is 9.80. The van der Waals surface area contributed by atoms with Crippen LogP contribution in [0, 0.1) is 0 Å². The van der Waals surface area contributed by atoms with Gasteiger partial charge in [0.05, 0.1) is 16.4 Å². The van der Waals surface area contributed by atoms with Crippen LogP contribution in [0.15, 0.2) is 16.0 Å². The number of hydrogen-bond donors (Lipinski definition) is 0. The molecule has 134 valence electrons. The van der Waals surface area contributed by atoms with Crippen LogP contribution >= 0.6 is 11.3 Å². The predicted molar refractivity (Wildman–Crippen MR) is 102 cm³/mol. The summed E-state index contributed by atoms with van der Waals surface area (Å²) >= 11 is 1.79. The molecule has 3 nitrogen and oxygen atoms in total. The van der Waals surface area contributed by atoms with Gasteiger partial charge < -0.3 is 4.52 Å². The van der Waals surface area contributed by atoms with Crippen molar-refractivity contribution in [2.24, 2.45) is 0 Å². The number of aromatic nitrogens is 2. The van der Waals surface area contributed by atoms with E-state index in [1.807, 2.05) is 0 Å². The second kappa shape index (κ2) is 6.99. The summed E-state index contributed by atoms with van der Waals surface area (Å²) in [4.78, 5) is 4.80. The molecule has 24 heavy (non-hydrogen) atoms. The minimum Gasteiger partial charge on any atom is -0.361 e. The molecule has 0 saturated carbocycles. The molecular weight excluding hydrogens is 316 g/mol. The zero-order chi connectivity index (χ0) is 18.1. The van der Waals surface area contributed by atoms with Crippen LogP contribution in [0.25, 0.3) is 0 Å². The minimum absolute atomic E-state index is 0.00274. The molecule has 0 aromatic carbocycles. The van der Waals surface area contributed by atoms with Gasteiger partial charge >= 0.3 is 0 Å². The van der Waals surface area contributed by atoms with Gasteiger partial charge in [-0.2, -0.15) is 0 Å². The Morgan fingerprint density at radius 3 is 2.29 bits per heavy atom. The first-order valence-corrected chi connectivity index (χ1v) is 9.81. The van der Waals surface area contributed by atoms with Gasteiger partial charge in [0.1, 0.15) is 5.76 Å². The molecule has 2 heterocycles. The van der Waals surface area contributed by atoms with E-state index in [0.717, 1.165) is 24.3 Å². The highest BCUT2D eigenvalue weighted by Gasteiger charge is 2.29. The monoisotopic (exact) mass is 348 g/mol. The fraction of sp³-hybridized carbons (Fsp3) is 0.700. The molecule has 0 aliphatic rings. The van der Waals surface area contributed by atoms with Crippen molar-refractivity contribution in [3.05, 3.63) is 33.6 Å². The minimum atomic E-state index is 0.00274. The summed E-state index contributed by atoms with van der Waals surface area (Å²) in [6.07, 6.45) is 2.18. The Bertz CT molecular complexity index is 661. The average Bonchev–Trinajstić information content (AvgIpc) is 3.13. The van der Waals surface area contributed by atoms with Gasteiger partial charge in [-0.05, 0) is 18.8 Å². The van der Waals surface area contributed by atoms with E-state index >= 15 is 0 Å². The van der Waals surface area contributed by atoms with Crippen molar-refractivity contribution in [1.82, 2.24) is 10.1 Å². The molecule has 0 fully saturated rings. The fourth-order valence-corrected chi connectivity index (χ4v) is 3.64. The van der Waals surface area contributed by atoms with Crippen LogP contribution < -0.4 is 0 Å². The van der Waals surface area contributed by atoms with Gasteiger partial charge in [0, 0.05) is 28.2 Å². The summed E-state index contributed by atoms with van der Waals surface area (Å²) in [5, 5.41) is 7.80. The molecule has 2 rings (SSSR count). The van der Waals surface area contributed by atoms with Crippen molar-refractivity contribution in [2.45, 2.75) is 90.9 Å². The van der Waals surface area contributed by atoms with Crippen LogP contribution in [0.1, 0.15) is 102 Å². The lowest BCUT2D eigenvalue weighted by Crippen LogP contribution is -2.18. The van der Waals surface area contributed by atoms with E-state index in [2.05, 4.69) is 72.0 Å². The lowest BCUT2D eigenvalue weighted by atomic mass is 9.81. The first-order chi connectivity index (χ1) is 11.0.